The van der Waals surface area contributed by atoms with Crippen molar-refractivity contribution in [1.29, 1.82) is 0 Å². The number of amides is 2. The molecule has 0 radical (unpaired) electrons. The van der Waals surface area contributed by atoms with Gasteiger partial charge in [0.2, 0.25) is 18.2 Å². The first-order valence-corrected chi connectivity index (χ1v) is 19.6. The molecule has 5 aromatic rings. The van der Waals surface area contributed by atoms with E-state index in [-0.39, 0.29) is 29.7 Å². The number of hydrogen-bond acceptors (Lipinski definition) is 9. The van der Waals surface area contributed by atoms with Gasteiger partial charge in [-0.3, -0.25) is 19.9 Å². The normalized spacial score (nSPS) is 23.3. The van der Waals surface area contributed by atoms with Crippen LogP contribution in [0.25, 0.3) is 33.6 Å². The number of nitrogens with zero attached hydrogens (tertiary/aromatic N) is 4. The van der Waals surface area contributed by atoms with Crippen LogP contribution in [0.4, 0.5) is 0 Å². The fourth-order valence-electron chi connectivity index (χ4n) is 9.12. The highest BCUT2D eigenvalue weighted by Gasteiger charge is 2.52. The Kier molecular flexibility index (Phi) is 11.1. The molecule has 8 rings (SSSR count). The number of rotatable bonds is 14. The number of aliphatic hydroxyl groups is 1. The Hall–Kier alpha value is -5.21. The lowest BCUT2D eigenvalue weighted by Crippen LogP contribution is -2.55. The van der Waals surface area contributed by atoms with E-state index in [4.69, 9.17) is 19.4 Å². The van der Waals surface area contributed by atoms with E-state index < -0.39 is 18.6 Å². The summed E-state index contributed by atoms with van der Waals surface area (Å²) >= 11 is 0. The minimum atomic E-state index is -1.29. The quantitative estimate of drug-likeness (QED) is 0.0911. The number of pyridine rings is 1. The largest absolute Gasteiger partial charge is 0.380 e. The fourth-order valence-corrected chi connectivity index (χ4v) is 9.12. The van der Waals surface area contributed by atoms with Crippen LogP contribution >= 0.6 is 0 Å². The van der Waals surface area contributed by atoms with Gasteiger partial charge < -0.3 is 34.8 Å². The summed E-state index contributed by atoms with van der Waals surface area (Å²) < 4.78 is 10.4. The van der Waals surface area contributed by atoms with Gasteiger partial charge in [0.15, 0.2) is 0 Å². The Morgan fingerprint density at radius 2 is 1.50 bits per heavy atom. The van der Waals surface area contributed by atoms with Gasteiger partial charge in [-0.2, -0.15) is 0 Å². The number of nitrogens with one attached hydrogen (secondary N) is 4. The summed E-state index contributed by atoms with van der Waals surface area (Å²) in [5.41, 5.74) is 7.03. The number of likely N-dealkylation sites (tertiary alicyclic amines) is 1. The number of aliphatic hydroxyl groups excluding tert-OH is 1. The van der Waals surface area contributed by atoms with Crippen LogP contribution < -0.4 is 10.6 Å². The highest BCUT2D eigenvalue weighted by Crippen LogP contribution is 2.56. The summed E-state index contributed by atoms with van der Waals surface area (Å²) in [6.45, 7) is 2.85. The third kappa shape index (κ3) is 7.64. The monoisotopic (exact) mass is 758 g/mol. The zero-order valence-electron chi connectivity index (χ0n) is 32.0. The molecule has 2 saturated carbocycles. The van der Waals surface area contributed by atoms with Gasteiger partial charge in [0, 0.05) is 45.6 Å². The van der Waals surface area contributed by atoms with Gasteiger partial charge in [-0.05, 0) is 84.7 Å². The first-order valence-electron chi connectivity index (χ1n) is 19.6. The van der Waals surface area contributed by atoms with Gasteiger partial charge in [0.1, 0.15) is 17.7 Å². The number of imidazole rings is 2. The zero-order valence-corrected chi connectivity index (χ0v) is 32.0. The van der Waals surface area contributed by atoms with Crippen LogP contribution in [0.15, 0.2) is 85.5 Å². The van der Waals surface area contributed by atoms with Crippen LogP contribution in [0, 0.1) is 17.8 Å². The second-order valence-corrected chi connectivity index (χ2v) is 15.3. The van der Waals surface area contributed by atoms with E-state index in [1.807, 2.05) is 24.5 Å². The van der Waals surface area contributed by atoms with E-state index in [0.717, 1.165) is 83.0 Å². The van der Waals surface area contributed by atoms with Crippen LogP contribution in [0.5, 0.6) is 0 Å². The SMILES string of the molecule is COC(O)N[C@H](C(=O)N1CCC[C@H]1c1ncc(-c2ccc(-c3ccc(-c4cnc(C5C6CCC(C6)[C@@H]5C(=O)NCc5cccnc5)[nH]4)cc3)cc2)[nH]1)[C@@H](C)OC. The van der Waals surface area contributed by atoms with Crippen LogP contribution in [0.3, 0.4) is 0 Å². The van der Waals surface area contributed by atoms with Crippen molar-refractivity contribution in [1.82, 2.24) is 40.5 Å². The second-order valence-electron chi connectivity index (χ2n) is 15.3. The molecule has 2 aromatic carbocycles. The number of benzene rings is 2. The van der Waals surface area contributed by atoms with Crippen molar-refractivity contribution in [3.05, 3.63) is 103 Å². The predicted octanol–water partition coefficient (Wildman–Crippen LogP) is 5.55. The molecule has 4 unspecified atom stereocenters. The van der Waals surface area contributed by atoms with Crippen molar-refractivity contribution in [3.8, 4) is 33.6 Å². The predicted molar refractivity (Wildman–Crippen MR) is 210 cm³/mol. The maximum Gasteiger partial charge on any atom is 0.243 e. The third-order valence-electron chi connectivity index (χ3n) is 12.1. The Balaban J connectivity index is 0.917. The van der Waals surface area contributed by atoms with Crippen molar-refractivity contribution in [2.24, 2.45) is 17.8 Å². The number of ether oxygens (including phenoxy) is 2. The van der Waals surface area contributed by atoms with Gasteiger partial charge in [0.05, 0.1) is 41.8 Å². The maximum absolute atomic E-state index is 13.7. The molecule has 3 fully saturated rings. The molecule has 2 aliphatic carbocycles. The number of carbonyl (C=O) groups is 2. The third-order valence-corrected chi connectivity index (χ3v) is 12.1. The molecule has 3 aromatic heterocycles. The molecule has 2 bridgehead atoms. The fraction of sp³-hybridized carbons (Fsp3) is 0.419. The van der Waals surface area contributed by atoms with Gasteiger partial charge in [-0.25, -0.2) is 9.97 Å². The molecule has 2 amide bonds. The smallest absolute Gasteiger partial charge is 0.243 e. The molecule has 5 N–H and O–H groups in total. The Bertz CT molecular complexity index is 2100. The number of H-pyrrole nitrogens is 2. The molecule has 56 heavy (non-hydrogen) atoms. The lowest BCUT2D eigenvalue weighted by atomic mass is 9.78. The summed E-state index contributed by atoms with van der Waals surface area (Å²) in [5, 5.41) is 16.0. The second kappa shape index (κ2) is 16.5. The molecule has 1 aliphatic heterocycles. The summed E-state index contributed by atoms with van der Waals surface area (Å²) in [7, 11) is 2.90. The molecule has 292 valence electrons. The first kappa shape index (κ1) is 37.7. The molecule has 4 heterocycles. The molecular formula is C43H50N8O5. The molecule has 1 saturated heterocycles. The zero-order chi connectivity index (χ0) is 38.8. The molecule has 0 spiro atoms. The number of hydrogen-bond donors (Lipinski definition) is 5. The number of methoxy groups -OCH3 is 2. The van der Waals surface area contributed by atoms with Crippen molar-refractivity contribution in [2.75, 3.05) is 20.8 Å². The summed E-state index contributed by atoms with van der Waals surface area (Å²) in [4.78, 5) is 49.7. The molecule has 13 nitrogen and oxygen atoms in total. The van der Waals surface area contributed by atoms with Crippen molar-refractivity contribution in [2.45, 2.75) is 76.1 Å². The highest BCUT2D eigenvalue weighted by molar-refractivity contribution is 5.83. The standard InChI is InChI=1S/C43H50N8O5/c1-25(55-2)38(50-43(54)56-3)42(53)51-19-5-7-35(51)39-45-23-33(48-39)29-12-8-27(9-13-29)28-10-14-30(15-11-28)34-24-46-40(49-34)36-31-16-17-32(20-31)37(36)41(52)47-22-26-6-4-18-44-21-26/h4,6,8-15,18,21,23-25,31-32,35-38,43,50,54H,5,7,16-17,19-20,22H2,1-3H3,(H,45,48)(H,46,49)(H,47,52)/t25-,31?,32?,35+,36?,37+,38+,43?/m1/s1. The number of carbonyl (C=O) groups excluding carboxylic acids is 2. The van der Waals surface area contributed by atoms with Crippen LogP contribution in [-0.4, -0.2) is 86.1 Å². The lowest BCUT2D eigenvalue weighted by molar-refractivity contribution is -0.148. The van der Waals surface area contributed by atoms with E-state index >= 15 is 0 Å². The van der Waals surface area contributed by atoms with Crippen molar-refractivity contribution in [3.63, 3.8) is 0 Å². The Morgan fingerprint density at radius 1 is 0.857 bits per heavy atom. The lowest BCUT2D eigenvalue weighted by Gasteiger charge is -2.31. The van der Waals surface area contributed by atoms with Crippen LogP contribution in [0.2, 0.25) is 0 Å². The van der Waals surface area contributed by atoms with Gasteiger partial charge in [0.25, 0.3) is 0 Å². The first-order chi connectivity index (χ1) is 27.3. The maximum atomic E-state index is 13.7. The summed E-state index contributed by atoms with van der Waals surface area (Å²) in [6, 6.07) is 19.7. The summed E-state index contributed by atoms with van der Waals surface area (Å²) in [5.74, 6) is 2.45. The molecule has 13 heteroatoms. The van der Waals surface area contributed by atoms with Gasteiger partial charge in [-0.15, -0.1) is 0 Å². The molecule has 8 atom stereocenters. The molecule has 3 aliphatic rings. The highest BCUT2D eigenvalue weighted by atomic mass is 16.6. The number of fused-ring (bicyclic) bond motifs is 2. The minimum Gasteiger partial charge on any atom is -0.380 e. The Morgan fingerprint density at radius 3 is 2.14 bits per heavy atom. The average molecular weight is 759 g/mol. The molecular weight excluding hydrogens is 709 g/mol. The van der Waals surface area contributed by atoms with E-state index in [1.54, 1.807) is 24.2 Å². The average Bonchev–Trinajstić information content (AvgIpc) is 4.10. The number of aromatic nitrogens is 5. The van der Waals surface area contributed by atoms with Gasteiger partial charge in [-0.1, -0.05) is 54.6 Å². The van der Waals surface area contributed by atoms with E-state index in [0.29, 0.717) is 24.9 Å². The van der Waals surface area contributed by atoms with Crippen LogP contribution in [0.1, 0.15) is 68.2 Å². The minimum absolute atomic E-state index is 0.0767. The van der Waals surface area contributed by atoms with E-state index in [1.165, 1.54) is 14.2 Å². The van der Waals surface area contributed by atoms with Crippen molar-refractivity contribution < 1.29 is 24.2 Å². The number of aromatic amines is 2. The van der Waals surface area contributed by atoms with E-state index in [9.17, 15) is 14.7 Å². The topological polar surface area (TPSA) is 170 Å². The van der Waals surface area contributed by atoms with Gasteiger partial charge >= 0.3 is 0 Å². The Labute approximate surface area is 326 Å². The van der Waals surface area contributed by atoms with Crippen molar-refractivity contribution >= 4 is 11.8 Å². The van der Waals surface area contributed by atoms with E-state index in [2.05, 4.69) is 74.1 Å². The summed E-state index contributed by atoms with van der Waals surface area (Å²) in [6.07, 6.45) is 10.4. The van der Waals surface area contributed by atoms with Crippen LogP contribution in [-0.2, 0) is 25.6 Å².